The predicted molar refractivity (Wildman–Crippen MR) is 84.4 cm³/mol. The molecule has 21 heavy (non-hydrogen) atoms. The van der Waals surface area contributed by atoms with Gasteiger partial charge in [0, 0.05) is 24.7 Å². The predicted octanol–water partition coefficient (Wildman–Crippen LogP) is 1.79. The van der Waals surface area contributed by atoms with Crippen molar-refractivity contribution in [3.05, 3.63) is 18.2 Å². The second-order valence-corrected chi connectivity index (χ2v) is 4.44. The summed E-state index contributed by atoms with van der Waals surface area (Å²) in [5.74, 6) is 2.53. The Balaban J connectivity index is 2.37. The number of nitrogens with zero attached hydrogens (tertiary/aromatic N) is 1. The van der Waals surface area contributed by atoms with E-state index < -0.39 is 0 Å². The minimum Gasteiger partial charge on any atom is -0.496 e. The van der Waals surface area contributed by atoms with Gasteiger partial charge in [0.25, 0.3) is 0 Å². The van der Waals surface area contributed by atoms with Gasteiger partial charge in [-0.3, -0.25) is 4.99 Å². The fraction of sp³-hybridized carbons (Fsp3) is 0.533. The van der Waals surface area contributed by atoms with Gasteiger partial charge < -0.3 is 25.3 Å². The molecule has 0 fully saturated rings. The Morgan fingerprint density at radius 2 is 1.76 bits per heavy atom. The van der Waals surface area contributed by atoms with Crippen molar-refractivity contribution < 1.29 is 14.2 Å². The molecule has 0 spiro atoms. The molecule has 3 N–H and O–H groups in total. The van der Waals surface area contributed by atoms with Crippen molar-refractivity contribution in [2.75, 3.05) is 33.9 Å². The van der Waals surface area contributed by atoms with Gasteiger partial charge in [0.05, 0.1) is 20.8 Å². The van der Waals surface area contributed by atoms with Gasteiger partial charge in [0.1, 0.15) is 23.9 Å². The highest BCUT2D eigenvalue weighted by Crippen LogP contribution is 2.27. The number of hydrogen-bond acceptors (Lipinski definition) is 4. The lowest BCUT2D eigenvalue weighted by molar-refractivity contribution is 0.315. The van der Waals surface area contributed by atoms with Crippen LogP contribution in [0.2, 0.25) is 0 Å². The molecule has 0 aliphatic rings. The van der Waals surface area contributed by atoms with Crippen molar-refractivity contribution >= 4 is 5.96 Å². The number of guanidine groups is 1. The molecule has 0 radical (unpaired) electrons. The number of aliphatic imine (C=N–C) groups is 1. The van der Waals surface area contributed by atoms with E-state index in [1.807, 2.05) is 0 Å². The molecule has 1 rings (SSSR count). The standard InChI is InChI=1S/C15H25N3O3/c1-4-5-6-17-15(16)18-7-8-21-14-10-12(19-2)9-13(11-14)20-3/h9-11H,4-8H2,1-3H3,(H3,16,17,18). The fourth-order valence-corrected chi connectivity index (χ4v) is 1.63. The zero-order valence-electron chi connectivity index (χ0n) is 13.0. The smallest absolute Gasteiger partial charge is 0.188 e. The van der Waals surface area contributed by atoms with Gasteiger partial charge in [-0.2, -0.15) is 0 Å². The molecule has 0 saturated carbocycles. The largest absolute Gasteiger partial charge is 0.496 e. The van der Waals surface area contributed by atoms with Crippen LogP contribution in [0.15, 0.2) is 23.2 Å². The number of rotatable bonds is 9. The molecule has 6 heteroatoms. The van der Waals surface area contributed by atoms with Crippen LogP contribution >= 0.6 is 0 Å². The van der Waals surface area contributed by atoms with Crippen LogP contribution in [-0.4, -0.2) is 39.9 Å². The summed E-state index contributed by atoms with van der Waals surface area (Å²) in [6.07, 6.45) is 2.15. The van der Waals surface area contributed by atoms with Crippen molar-refractivity contribution in [3.8, 4) is 17.2 Å². The number of benzene rings is 1. The highest BCUT2D eigenvalue weighted by atomic mass is 16.5. The number of unbranched alkanes of at least 4 members (excludes halogenated alkanes) is 1. The fourth-order valence-electron chi connectivity index (χ4n) is 1.63. The van der Waals surface area contributed by atoms with Gasteiger partial charge in [-0.05, 0) is 6.42 Å². The van der Waals surface area contributed by atoms with Gasteiger partial charge in [0.15, 0.2) is 5.96 Å². The van der Waals surface area contributed by atoms with E-state index >= 15 is 0 Å². The molecule has 0 bridgehead atoms. The van der Waals surface area contributed by atoms with Crippen LogP contribution in [0.25, 0.3) is 0 Å². The molecule has 0 atom stereocenters. The number of nitrogens with one attached hydrogen (secondary N) is 1. The number of methoxy groups -OCH3 is 2. The number of hydrogen-bond donors (Lipinski definition) is 2. The number of nitrogens with two attached hydrogens (primary N) is 1. The van der Waals surface area contributed by atoms with Crippen molar-refractivity contribution in [1.29, 1.82) is 0 Å². The van der Waals surface area contributed by atoms with Gasteiger partial charge in [-0.15, -0.1) is 0 Å². The van der Waals surface area contributed by atoms with E-state index in [9.17, 15) is 0 Å². The number of ether oxygens (including phenoxy) is 3. The maximum atomic E-state index is 5.73. The molecule has 118 valence electrons. The summed E-state index contributed by atoms with van der Waals surface area (Å²) in [5, 5.41) is 3.01. The summed E-state index contributed by atoms with van der Waals surface area (Å²) < 4.78 is 16.0. The lowest BCUT2D eigenvalue weighted by atomic mass is 10.3. The van der Waals surface area contributed by atoms with Crippen molar-refractivity contribution in [1.82, 2.24) is 5.32 Å². The minimum atomic E-state index is 0.454. The second kappa shape index (κ2) is 9.74. The Bertz CT molecular complexity index is 428. The zero-order valence-corrected chi connectivity index (χ0v) is 13.0. The summed E-state index contributed by atoms with van der Waals surface area (Å²) in [6.45, 7) is 3.93. The molecule has 6 nitrogen and oxygen atoms in total. The minimum absolute atomic E-state index is 0.454. The first-order chi connectivity index (χ1) is 10.2. The third-order valence-electron chi connectivity index (χ3n) is 2.80. The molecular weight excluding hydrogens is 270 g/mol. The lowest BCUT2D eigenvalue weighted by Crippen LogP contribution is -2.34. The quantitative estimate of drug-likeness (QED) is 0.412. The van der Waals surface area contributed by atoms with E-state index in [1.165, 1.54) is 0 Å². The van der Waals surface area contributed by atoms with Crippen LogP contribution in [0.5, 0.6) is 17.2 Å². The van der Waals surface area contributed by atoms with Gasteiger partial charge in [-0.1, -0.05) is 13.3 Å². The molecule has 0 heterocycles. The summed E-state index contributed by atoms with van der Waals surface area (Å²) in [7, 11) is 3.21. The topological polar surface area (TPSA) is 78.1 Å². The molecule has 1 aromatic rings. The third kappa shape index (κ3) is 6.74. The first-order valence-corrected chi connectivity index (χ1v) is 7.09. The summed E-state index contributed by atoms with van der Waals surface area (Å²) in [6, 6.07) is 5.41. The highest BCUT2D eigenvalue weighted by Gasteiger charge is 2.02. The van der Waals surface area contributed by atoms with Crippen LogP contribution in [0.1, 0.15) is 19.8 Å². The average Bonchev–Trinajstić information content (AvgIpc) is 2.51. The maximum Gasteiger partial charge on any atom is 0.188 e. The first kappa shape index (κ1) is 16.9. The van der Waals surface area contributed by atoms with Crippen LogP contribution in [0.4, 0.5) is 0 Å². The van der Waals surface area contributed by atoms with Crippen molar-refractivity contribution in [3.63, 3.8) is 0 Å². The Morgan fingerprint density at radius 3 is 2.33 bits per heavy atom. The van der Waals surface area contributed by atoms with Crippen molar-refractivity contribution in [2.45, 2.75) is 19.8 Å². The summed E-state index contributed by atoms with van der Waals surface area (Å²) in [5.41, 5.74) is 5.73. The molecule has 0 unspecified atom stereocenters. The zero-order chi connectivity index (χ0) is 15.5. The van der Waals surface area contributed by atoms with E-state index in [-0.39, 0.29) is 0 Å². The van der Waals surface area contributed by atoms with E-state index in [0.717, 1.165) is 19.4 Å². The molecule has 0 amide bonds. The van der Waals surface area contributed by atoms with Gasteiger partial charge in [0.2, 0.25) is 0 Å². The Hall–Kier alpha value is -2.11. The second-order valence-electron chi connectivity index (χ2n) is 4.44. The van der Waals surface area contributed by atoms with E-state index in [1.54, 1.807) is 32.4 Å². The van der Waals surface area contributed by atoms with E-state index in [0.29, 0.717) is 36.4 Å². The third-order valence-corrected chi connectivity index (χ3v) is 2.80. The molecule has 0 aromatic heterocycles. The summed E-state index contributed by atoms with van der Waals surface area (Å²) in [4.78, 5) is 4.20. The SMILES string of the molecule is CCCCN=C(N)NCCOc1cc(OC)cc(OC)c1. The van der Waals surface area contributed by atoms with E-state index in [2.05, 4.69) is 17.2 Å². The molecule has 0 aliphatic heterocycles. The van der Waals surface area contributed by atoms with E-state index in [4.69, 9.17) is 19.9 Å². The monoisotopic (exact) mass is 295 g/mol. The molecule has 1 aromatic carbocycles. The Kier molecular flexibility index (Phi) is 7.86. The van der Waals surface area contributed by atoms with Crippen LogP contribution < -0.4 is 25.3 Å². The van der Waals surface area contributed by atoms with Gasteiger partial charge >= 0.3 is 0 Å². The molecule has 0 aliphatic carbocycles. The highest BCUT2D eigenvalue weighted by molar-refractivity contribution is 5.77. The van der Waals surface area contributed by atoms with Crippen LogP contribution in [0.3, 0.4) is 0 Å². The average molecular weight is 295 g/mol. The molecule has 0 saturated heterocycles. The first-order valence-electron chi connectivity index (χ1n) is 7.09. The Morgan fingerprint density at radius 1 is 1.14 bits per heavy atom. The Labute approximate surface area is 126 Å². The van der Waals surface area contributed by atoms with Crippen LogP contribution in [-0.2, 0) is 0 Å². The van der Waals surface area contributed by atoms with Crippen molar-refractivity contribution in [2.24, 2.45) is 10.7 Å². The van der Waals surface area contributed by atoms with Crippen LogP contribution in [0, 0.1) is 0 Å². The summed E-state index contributed by atoms with van der Waals surface area (Å²) >= 11 is 0. The maximum absolute atomic E-state index is 5.73. The normalized spacial score (nSPS) is 11.1. The molecular formula is C15H25N3O3. The lowest BCUT2D eigenvalue weighted by Gasteiger charge is -2.11. The van der Waals surface area contributed by atoms with Gasteiger partial charge in [-0.25, -0.2) is 0 Å².